The third-order valence-corrected chi connectivity index (χ3v) is 9.57. The predicted molar refractivity (Wildman–Crippen MR) is 168 cm³/mol. The Morgan fingerprint density at radius 2 is 1.70 bits per heavy atom. The van der Waals surface area contributed by atoms with E-state index in [0.717, 1.165) is 16.2 Å². The number of carbonyl (C=O) groups is 5. The van der Waals surface area contributed by atoms with Crippen molar-refractivity contribution in [2.24, 2.45) is 7.05 Å². The molecule has 2 saturated heterocycles. The highest BCUT2D eigenvalue weighted by molar-refractivity contribution is 6.23. The van der Waals surface area contributed by atoms with Crippen molar-refractivity contribution in [1.82, 2.24) is 45.1 Å². The number of aryl methyl sites for hydroxylation is 2. The second-order valence-corrected chi connectivity index (χ2v) is 12.9. The number of methoxy groups -OCH3 is 1. The number of nitrogens with zero attached hydrogens (tertiary/aromatic N) is 9. The number of carbonyl (C=O) groups excluding carboxylic acids is 4. The van der Waals surface area contributed by atoms with E-state index in [0.29, 0.717) is 43.6 Å². The van der Waals surface area contributed by atoms with Crippen LogP contribution < -0.4 is 15.0 Å². The number of piperazine rings is 1. The highest BCUT2D eigenvalue weighted by Gasteiger charge is 2.49. The van der Waals surface area contributed by atoms with Gasteiger partial charge in [-0.05, 0) is 42.0 Å². The quantitative estimate of drug-likeness (QED) is 0.261. The van der Waals surface area contributed by atoms with Crippen LogP contribution >= 0.6 is 0 Å². The molecule has 2 aromatic heterocycles. The molecule has 4 aliphatic rings. The fourth-order valence-corrected chi connectivity index (χ4v) is 7.02. The Bertz CT molecular complexity index is 1970. The second-order valence-electron chi connectivity index (χ2n) is 12.9. The minimum Gasteiger partial charge on any atom is -0.481 e. The zero-order chi connectivity index (χ0) is 38.6. The highest BCUT2D eigenvalue weighted by atomic mass is 19.4. The number of nitrogens with one attached hydrogen (secondary N) is 1. The number of fused-ring (bicyclic) bond motifs is 1. The first-order valence-electron chi connectivity index (χ1n) is 16.3. The van der Waals surface area contributed by atoms with Crippen LogP contribution in [0.15, 0.2) is 18.2 Å². The van der Waals surface area contributed by atoms with Crippen LogP contribution in [0.5, 0.6) is 5.88 Å². The van der Waals surface area contributed by atoms with Crippen LogP contribution in [0.4, 0.5) is 27.6 Å². The number of anilines is 1. The molecule has 1 aromatic carbocycles. The Morgan fingerprint density at radius 1 is 1.06 bits per heavy atom. The molecule has 0 radical (unpaired) electrons. The predicted octanol–water partition coefficient (Wildman–Crippen LogP) is 1.64. The van der Waals surface area contributed by atoms with E-state index in [1.165, 1.54) is 4.68 Å². The van der Waals surface area contributed by atoms with Gasteiger partial charge in [0.15, 0.2) is 5.82 Å². The Hall–Kier alpha value is -5.54. The van der Waals surface area contributed by atoms with Crippen LogP contribution in [0.1, 0.15) is 75.6 Å². The Labute approximate surface area is 296 Å². The summed E-state index contributed by atoms with van der Waals surface area (Å²) in [6.07, 6.45) is -5.63. The zero-order valence-electron chi connectivity index (χ0n) is 28.4. The van der Waals surface area contributed by atoms with E-state index in [9.17, 15) is 41.1 Å². The summed E-state index contributed by atoms with van der Waals surface area (Å²) in [6, 6.07) is 2.94. The molecule has 2 N–H and O–H groups in total. The van der Waals surface area contributed by atoms with Gasteiger partial charge < -0.3 is 14.7 Å². The third-order valence-electron chi connectivity index (χ3n) is 9.57. The van der Waals surface area contributed by atoms with E-state index >= 15 is 0 Å². The van der Waals surface area contributed by atoms with Gasteiger partial charge in [0, 0.05) is 58.2 Å². The fourth-order valence-electron chi connectivity index (χ4n) is 7.02. The average Bonchev–Trinajstić information content (AvgIpc) is 3.74. The van der Waals surface area contributed by atoms with E-state index in [1.807, 2.05) is 6.92 Å². The lowest BCUT2D eigenvalue weighted by atomic mass is 9.88. The number of benzene rings is 1. The van der Waals surface area contributed by atoms with Crippen molar-refractivity contribution in [2.75, 3.05) is 38.2 Å². The van der Waals surface area contributed by atoms with Crippen molar-refractivity contribution in [3.05, 3.63) is 46.4 Å². The summed E-state index contributed by atoms with van der Waals surface area (Å²) in [5, 5.41) is 26.2. The molecule has 0 bridgehead atoms. The van der Waals surface area contributed by atoms with E-state index in [4.69, 9.17) is 14.6 Å². The van der Waals surface area contributed by atoms with Crippen LogP contribution in [-0.2, 0) is 21.4 Å². The molecular formula is C31H33F5N10O7. The third kappa shape index (κ3) is 7.01. The van der Waals surface area contributed by atoms with Crippen molar-refractivity contribution in [3.63, 3.8) is 0 Å². The van der Waals surface area contributed by atoms with Gasteiger partial charge in [0.05, 0.1) is 35.5 Å². The molecule has 0 spiro atoms. The maximum Gasteiger partial charge on any atom is 0.490 e. The number of carboxylic acid groups (broad SMARTS) is 1. The Kier molecular flexibility index (Phi) is 9.68. The molecule has 4 amide bonds. The first kappa shape index (κ1) is 37.2. The van der Waals surface area contributed by atoms with E-state index in [1.54, 1.807) is 37.0 Å². The number of amides is 4. The highest BCUT2D eigenvalue weighted by Crippen LogP contribution is 2.47. The number of hydrogen-bond donors (Lipinski definition) is 2. The number of tetrazole rings is 1. The standard InChI is InChI=1S/C29H32F2N10O5.C2HF3O2/c1-15-22(28(46-3)37(2)34-15)23(24-33-35-36-41(24)17-13-29(30,31)14-17)39-10-8-38(9-11-39)16-4-5-18-19(12-16)27(45)40(26(18)44)20-6-7-21(42)32-25(20)43;3-2(4,5)1(6)7/h4-5,12,17,20,23H,6-11,13-14H2,1-3H3,(H,32,42,43);(H,6,7). The Balaban J connectivity index is 0.000000626. The summed E-state index contributed by atoms with van der Waals surface area (Å²) in [6.45, 7) is 3.94. The van der Waals surface area contributed by atoms with Gasteiger partial charge in [0.25, 0.3) is 17.7 Å². The molecular weight excluding hydrogens is 719 g/mol. The molecule has 2 unspecified atom stereocenters. The van der Waals surface area contributed by atoms with Crippen molar-refractivity contribution in [1.29, 1.82) is 0 Å². The van der Waals surface area contributed by atoms with Crippen LogP contribution in [-0.4, -0.2) is 126 Å². The van der Waals surface area contributed by atoms with Crippen LogP contribution in [0.2, 0.25) is 0 Å². The van der Waals surface area contributed by atoms with Gasteiger partial charge in [-0.25, -0.2) is 22.9 Å². The number of piperidine rings is 1. The topological polar surface area (TPSA) is 198 Å². The van der Waals surface area contributed by atoms with Gasteiger partial charge in [0.1, 0.15) is 12.1 Å². The summed E-state index contributed by atoms with van der Waals surface area (Å²) >= 11 is 0. The Morgan fingerprint density at radius 3 is 2.28 bits per heavy atom. The van der Waals surface area contributed by atoms with Crippen LogP contribution in [0.3, 0.4) is 0 Å². The molecule has 284 valence electrons. The van der Waals surface area contributed by atoms with E-state index in [-0.39, 0.29) is 36.8 Å². The van der Waals surface area contributed by atoms with Gasteiger partial charge in [-0.2, -0.15) is 18.3 Å². The molecule has 1 saturated carbocycles. The number of halogens is 5. The summed E-state index contributed by atoms with van der Waals surface area (Å²) in [4.78, 5) is 64.7. The second kappa shape index (κ2) is 13.8. The maximum absolute atomic E-state index is 13.9. The average molecular weight is 753 g/mol. The molecule has 5 heterocycles. The van der Waals surface area contributed by atoms with Crippen molar-refractivity contribution < 1.29 is 55.8 Å². The number of ether oxygens (including phenoxy) is 1. The summed E-state index contributed by atoms with van der Waals surface area (Å²) < 4.78 is 68.3. The SMILES string of the molecule is COc1c(C(c2nnnn2C2CC(F)(F)C2)N2CCN(c3ccc4c(c3)C(=O)N(C3CCC(=O)NC3=O)C4=O)CC2)c(C)nn1C.O=C(O)C(F)(F)F. The number of hydrogen-bond acceptors (Lipinski definition) is 12. The van der Waals surface area contributed by atoms with E-state index in [2.05, 4.69) is 35.7 Å². The molecule has 53 heavy (non-hydrogen) atoms. The van der Waals surface area contributed by atoms with Gasteiger partial charge in [-0.15, -0.1) is 5.10 Å². The molecule has 17 nitrogen and oxygen atoms in total. The molecule has 7 rings (SSSR count). The van der Waals surface area contributed by atoms with Crippen molar-refractivity contribution in [2.45, 2.75) is 62.8 Å². The van der Waals surface area contributed by atoms with Crippen molar-refractivity contribution in [3.8, 4) is 5.88 Å². The molecule has 3 aliphatic heterocycles. The molecule has 1 aliphatic carbocycles. The van der Waals surface area contributed by atoms with E-state index < -0.39 is 59.8 Å². The first-order valence-corrected chi connectivity index (χ1v) is 16.3. The monoisotopic (exact) mass is 752 g/mol. The fraction of sp³-hybridized carbons (Fsp3) is 0.516. The summed E-state index contributed by atoms with van der Waals surface area (Å²) in [5.41, 5.74) is 2.60. The zero-order valence-corrected chi connectivity index (χ0v) is 28.4. The van der Waals surface area contributed by atoms with Gasteiger partial charge >= 0.3 is 12.1 Å². The lowest BCUT2D eigenvalue weighted by Gasteiger charge is -2.41. The minimum absolute atomic E-state index is 0.0459. The minimum atomic E-state index is -5.08. The molecule has 2 atom stereocenters. The van der Waals surface area contributed by atoms with Gasteiger partial charge in [-0.3, -0.25) is 34.3 Å². The number of alkyl halides is 5. The summed E-state index contributed by atoms with van der Waals surface area (Å²) in [7, 11) is 3.31. The molecule has 22 heteroatoms. The van der Waals surface area contributed by atoms with Crippen molar-refractivity contribution >= 4 is 35.3 Å². The number of aromatic nitrogens is 6. The lowest BCUT2D eigenvalue weighted by molar-refractivity contribution is -0.192. The number of imide groups is 2. The number of rotatable bonds is 7. The molecule has 3 fully saturated rings. The number of aliphatic carboxylic acids is 1. The summed E-state index contributed by atoms with van der Waals surface area (Å²) in [5.74, 6) is -6.78. The van der Waals surface area contributed by atoms with Gasteiger partial charge in [0.2, 0.25) is 17.7 Å². The van der Waals surface area contributed by atoms with Gasteiger partial charge in [-0.1, -0.05) is 0 Å². The molecule has 3 aromatic rings. The van der Waals surface area contributed by atoms with Crippen LogP contribution in [0.25, 0.3) is 0 Å². The lowest BCUT2D eigenvalue weighted by Crippen LogP contribution is -2.54. The first-order chi connectivity index (χ1) is 24.9. The largest absolute Gasteiger partial charge is 0.490 e. The maximum atomic E-state index is 13.9. The van der Waals surface area contributed by atoms with Crippen LogP contribution in [0, 0.1) is 6.92 Å². The normalized spacial score (nSPS) is 21.1. The smallest absolute Gasteiger partial charge is 0.481 e. The number of carboxylic acids is 1.